The Labute approximate surface area is 85.4 Å². The highest BCUT2D eigenvalue weighted by Crippen LogP contribution is 2.29. The zero-order valence-electron chi connectivity index (χ0n) is 7.77. The third-order valence-corrected chi connectivity index (χ3v) is 2.52. The van der Waals surface area contributed by atoms with Gasteiger partial charge in [0.25, 0.3) is 0 Å². The molecular weight excluding hydrogens is 202 g/mol. The highest BCUT2D eigenvalue weighted by Gasteiger charge is 2.16. The number of thiophene rings is 1. The first-order chi connectivity index (χ1) is 6.54. The SMILES string of the molecule is Cc1cc(OC(C)C#N)c(C(=O)O)s1. The first-order valence-corrected chi connectivity index (χ1v) is 4.76. The molecule has 14 heavy (non-hydrogen) atoms. The molecule has 0 saturated carbocycles. The first-order valence-electron chi connectivity index (χ1n) is 3.94. The molecule has 0 bridgehead atoms. The van der Waals surface area contributed by atoms with Gasteiger partial charge in [0.05, 0.1) is 0 Å². The lowest BCUT2D eigenvalue weighted by Gasteiger charge is -2.05. The summed E-state index contributed by atoms with van der Waals surface area (Å²) in [6.45, 7) is 3.36. The molecule has 1 aromatic heterocycles. The normalized spacial score (nSPS) is 11.8. The van der Waals surface area contributed by atoms with Crippen molar-refractivity contribution in [3.8, 4) is 11.8 Å². The molecule has 1 unspecified atom stereocenters. The zero-order chi connectivity index (χ0) is 10.7. The Morgan fingerprint density at radius 1 is 1.79 bits per heavy atom. The fraction of sp³-hybridized carbons (Fsp3) is 0.333. The quantitative estimate of drug-likeness (QED) is 0.830. The van der Waals surface area contributed by atoms with Crippen molar-refractivity contribution >= 4 is 17.3 Å². The predicted molar refractivity (Wildman–Crippen MR) is 51.7 cm³/mol. The Morgan fingerprint density at radius 3 is 2.93 bits per heavy atom. The minimum atomic E-state index is -1.02. The van der Waals surface area contributed by atoms with Crippen molar-refractivity contribution in [1.29, 1.82) is 5.26 Å². The van der Waals surface area contributed by atoms with Gasteiger partial charge in [0.2, 0.25) is 0 Å². The van der Waals surface area contributed by atoms with Gasteiger partial charge in [-0.05, 0) is 19.9 Å². The van der Waals surface area contributed by atoms with Gasteiger partial charge in [-0.1, -0.05) is 0 Å². The molecule has 0 radical (unpaired) electrons. The van der Waals surface area contributed by atoms with Crippen LogP contribution in [0.3, 0.4) is 0 Å². The topological polar surface area (TPSA) is 70.3 Å². The number of rotatable bonds is 3. The first kappa shape index (κ1) is 10.5. The molecule has 1 aromatic rings. The van der Waals surface area contributed by atoms with Crippen LogP contribution >= 0.6 is 11.3 Å². The Kier molecular flexibility index (Phi) is 3.10. The molecule has 0 saturated heterocycles. The molecule has 0 spiro atoms. The van der Waals surface area contributed by atoms with E-state index in [-0.39, 0.29) is 10.6 Å². The van der Waals surface area contributed by atoms with E-state index in [0.717, 1.165) is 16.2 Å². The number of carbonyl (C=O) groups is 1. The van der Waals surface area contributed by atoms with E-state index in [0.29, 0.717) is 0 Å². The molecule has 1 heterocycles. The monoisotopic (exact) mass is 211 g/mol. The second-order valence-corrected chi connectivity index (χ2v) is 4.00. The Hall–Kier alpha value is -1.54. The molecule has 0 fully saturated rings. The van der Waals surface area contributed by atoms with Gasteiger partial charge >= 0.3 is 5.97 Å². The highest BCUT2D eigenvalue weighted by atomic mass is 32.1. The predicted octanol–water partition coefficient (Wildman–Crippen LogP) is 2.05. The number of hydrogen-bond donors (Lipinski definition) is 1. The average Bonchev–Trinajstić information content (AvgIpc) is 2.46. The highest BCUT2D eigenvalue weighted by molar-refractivity contribution is 7.14. The average molecular weight is 211 g/mol. The van der Waals surface area contributed by atoms with Crippen LogP contribution in [0.5, 0.6) is 5.75 Å². The summed E-state index contributed by atoms with van der Waals surface area (Å²) >= 11 is 1.14. The van der Waals surface area contributed by atoms with Gasteiger partial charge in [-0.15, -0.1) is 11.3 Å². The second-order valence-electron chi connectivity index (χ2n) is 2.74. The standard InChI is InChI=1S/C9H9NO3S/c1-5(4-10)13-7-3-6(2)14-8(7)9(11)12/h3,5H,1-2H3,(H,11,12). The number of carboxylic acids is 1. The van der Waals surface area contributed by atoms with Crippen molar-refractivity contribution in [2.45, 2.75) is 20.0 Å². The van der Waals surface area contributed by atoms with E-state index in [4.69, 9.17) is 15.1 Å². The maximum absolute atomic E-state index is 10.8. The summed E-state index contributed by atoms with van der Waals surface area (Å²) in [7, 11) is 0. The number of ether oxygens (including phenoxy) is 1. The van der Waals surface area contributed by atoms with Gasteiger partial charge in [-0.3, -0.25) is 0 Å². The number of hydrogen-bond acceptors (Lipinski definition) is 4. The third-order valence-electron chi connectivity index (χ3n) is 1.50. The molecule has 0 aliphatic heterocycles. The molecule has 0 aliphatic carbocycles. The van der Waals surface area contributed by atoms with Crippen LogP contribution in [0.4, 0.5) is 0 Å². The van der Waals surface area contributed by atoms with E-state index in [9.17, 15) is 4.79 Å². The van der Waals surface area contributed by atoms with Gasteiger partial charge < -0.3 is 9.84 Å². The lowest BCUT2D eigenvalue weighted by Crippen LogP contribution is -2.09. The van der Waals surface area contributed by atoms with Crippen molar-refractivity contribution in [2.75, 3.05) is 0 Å². The summed E-state index contributed by atoms with van der Waals surface area (Å²) in [4.78, 5) is 11.7. The lowest BCUT2D eigenvalue weighted by molar-refractivity contribution is 0.0697. The Balaban J connectivity index is 2.97. The van der Waals surface area contributed by atoms with Gasteiger partial charge in [0.1, 0.15) is 11.8 Å². The van der Waals surface area contributed by atoms with E-state index >= 15 is 0 Å². The van der Waals surface area contributed by atoms with Crippen molar-refractivity contribution in [3.05, 3.63) is 15.8 Å². The minimum absolute atomic E-state index is 0.143. The Bertz CT molecular complexity index is 391. The number of aromatic carboxylic acids is 1. The van der Waals surface area contributed by atoms with E-state index in [1.165, 1.54) is 0 Å². The van der Waals surface area contributed by atoms with Crippen LogP contribution < -0.4 is 4.74 Å². The molecule has 0 aliphatic rings. The summed E-state index contributed by atoms with van der Waals surface area (Å²) in [5, 5.41) is 17.3. The summed E-state index contributed by atoms with van der Waals surface area (Å²) in [5.41, 5.74) is 0. The van der Waals surface area contributed by atoms with Crippen LogP contribution in [0.25, 0.3) is 0 Å². The fourth-order valence-electron chi connectivity index (χ4n) is 0.944. The van der Waals surface area contributed by atoms with E-state index in [1.807, 2.05) is 6.07 Å². The van der Waals surface area contributed by atoms with Crippen LogP contribution in [0.2, 0.25) is 0 Å². The summed E-state index contributed by atoms with van der Waals surface area (Å²) in [6, 6.07) is 3.51. The maximum atomic E-state index is 10.8. The smallest absolute Gasteiger partial charge is 0.349 e. The third kappa shape index (κ3) is 2.24. The minimum Gasteiger partial charge on any atom is -0.477 e. The molecule has 1 N–H and O–H groups in total. The number of carboxylic acid groups (broad SMARTS) is 1. The molecule has 0 aromatic carbocycles. The van der Waals surface area contributed by atoms with E-state index in [1.54, 1.807) is 19.9 Å². The largest absolute Gasteiger partial charge is 0.477 e. The molecular formula is C9H9NO3S. The molecule has 0 amide bonds. The van der Waals surface area contributed by atoms with Gasteiger partial charge in [-0.25, -0.2) is 4.79 Å². The maximum Gasteiger partial charge on any atom is 0.349 e. The fourth-order valence-corrected chi connectivity index (χ4v) is 1.73. The van der Waals surface area contributed by atoms with Crippen molar-refractivity contribution in [3.63, 3.8) is 0 Å². The summed E-state index contributed by atoms with van der Waals surface area (Å²) in [5.74, 6) is -0.753. The number of aryl methyl sites for hydroxylation is 1. The molecule has 4 nitrogen and oxygen atoms in total. The van der Waals surface area contributed by atoms with Gasteiger partial charge in [0, 0.05) is 4.88 Å². The van der Waals surface area contributed by atoms with Crippen LogP contribution in [0.15, 0.2) is 6.07 Å². The van der Waals surface area contributed by atoms with Gasteiger partial charge in [-0.2, -0.15) is 5.26 Å². The van der Waals surface area contributed by atoms with Crippen LogP contribution in [-0.4, -0.2) is 17.2 Å². The second kappa shape index (κ2) is 4.11. The zero-order valence-corrected chi connectivity index (χ0v) is 8.59. The Morgan fingerprint density at radius 2 is 2.43 bits per heavy atom. The molecule has 5 heteroatoms. The number of nitrogens with zero attached hydrogens (tertiary/aromatic N) is 1. The molecule has 1 rings (SSSR count). The molecule has 1 atom stereocenters. The van der Waals surface area contributed by atoms with E-state index in [2.05, 4.69) is 0 Å². The molecule has 74 valence electrons. The summed E-state index contributed by atoms with van der Waals surface area (Å²) in [6.07, 6.45) is -0.637. The van der Waals surface area contributed by atoms with Crippen LogP contribution in [0, 0.1) is 18.3 Å². The summed E-state index contributed by atoms with van der Waals surface area (Å²) < 4.78 is 5.15. The van der Waals surface area contributed by atoms with Crippen molar-refractivity contribution in [1.82, 2.24) is 0 Å². The van der Waals surface area contributed by atoms with Crippen LogP contribution in [-0.2, 0) is 0 Å². The van der Waals surface area contributed by atoms with Gasteiger partial charge in [0.15, 0.2) is 11.0 Å². The van der Waals surface area contributed by atoms with Crippen molar-refractivity contribution < 1.29 is 14.6 Å². The van der Waals surface area contributed by atoms with E-state index < -0.39 is 12.1 Å². The van der Waals surface area contributed by atoms with Crippen molar-refractivity contribution in [2.24, 2.45) is 0 Å². The number of nitriles is 1. The lowest BCUT2D eigenvalue weighted by atomic mass is 10.4. The van der Waals surface area contributed by atoms with Crippen LogP contribution in [0.1, 0.15) is 21.5 Å².